The van der Waals surface area contributed by atoms with Gasteiger partial charge in [-0.05, 0) is 6.07 Å². The van der Waals surface area contributed by atoms with Gasteiger partial charge < -0.3 is 4.98 Å². The Labute approximate surface area is 138 Å². The van der Waals surface area contributed by atoms with Crippen molar-refractivity contribution in [3.63, 3.8) is 0 Å². The second-order valence-corrected chi connectivity index (χ2v) is 5.75. The highest BCUT2D eigenvalue weighted by atomic mass is 35.5. The first-order chi connectivity index (χ1) is 8.86. The van der Waals surface area contributed by atoms with Gasteiger partial charge >= 0.3 is 0 Å². The third-order valence-corrected chi connectivity index (χ3v) is 5.03. The predicted molar refractivity (Wildman–Crippen MR) is 82.6 cm³/mol. The third-order valence-electron chi connectivity index (χ3n) is 2.38. The van der Waals surface area contributed by atoms with E-state index in [-0.39, 0.29) is 35.7 Å². The molecule has 0 aliphatic heterocycles. The van der Waals surface area contributed by atoms with E-state index in [0.29, 0.717) is 5.56 Å². The molecular formula is C11H3Cl6NO. The van der Waals surface area contributed by atoms with Gasteiger partial charge in [-0.1, -0.05) is 69.6 Å². The van der Waals surface area contributed by atoms with Crippen LogP contribution in [-0.2, 0) is 0 Å². The minimum atomic E-state index is -0.478. The Morgan fingerprint density at radius 1 is 0.737 bits per heavy atom. The fraction of sp³-hybridized carbons (Fsp3) is 0. The molecule has 2 aromatic rings. The lowest BCUT2D eigenvalue weighted by Gasteiger charge is -2.13. The van der Waals surface area contributed by atoms with Crippen LogP contribution in [0.2, 0.25) is 30.1 Å². The summed E-state index contributed by atoms with van der Waals surface area (Å²) >= 11 is 36.0. The summed E-state index contributed by atoms with van der Waals surface area (Å²) in [5.41, 5.74) is 0.105. The van der Waals surface area contributed by atoms with Crippen LogP contribution in [0.1, 0.15) is 0 Å². The second-order valence-electron chi connectivity index (χ2n) is 3.48. The van der Waals surface area contributed by atoms with E-state index < -0.39 is 5.56 Å². The Kier molecular flexibility index (Phi) is 4.61. The Morgan fingerprint density at radius 3 is 1.74 bits per heavy atom. The number of aromatic amines is 1. The molecule has 0 radical (unpaired) electrons. The molecule has 1 N–H and O–H groups in total. The van der Waals surface area contributed by atoms with Gasteiger partial charge in [0.05, 0.1) is 25.1 Å². The Morgan fingerprint density at radius 2 is 1.21 bits per heavy atom. The highest BCUT2D eigenvalue weighted by molar-refractivity contribution is 6.56. The summed E-state index contributed by atoms with van der Waals surface area (Å²) in [6, 6.07) is 1.54. The minimum absolute atomic E-state index is 0.0445. The van der Waals surface area contributed by atoms with Gasteiger partial charge in [-0.25, -0.2) is 0 Å². The number of H-pyrrole nitrogens is 1. The lowest BCUT2D eigenvalue weighted by Crippen LogP contribution is -2.06. The van der Waals surface area contributed by atoms with E-state index >= 15 is 0 Å². The highest BCUT2D eigenvalue weighted by Crippen LogP contribution is 2.48. The molecule has 0 amide bonds. The van der Waals surface area contributed by atoms with Crippen LogP contribution in [0.15, 0.2) is 17.1 Å². The predicted octanol–water partition coefficient (Wildman–Crippen LogP) is 5.96. The lowest BCUT2D eigenvalue weighted by atomic mass is 10.1. The molecule has 1 heterocycles. The number of hydrogen-bond donors (Lipinski definition) is 1. The molecule has 2 rings (SSSR count). The van der Waals surface area contributed by atoms with Gasteiger partial charge in [-0.3, -0.25) is 4.79 Å². The molecule has 2 nitrogen and oxygen atoms in total. The molecule has 0 saturated carbocycles. The van der Waals surface area contributed by atoms with Gasteiger partial charge in [0.2, 0.25) is 0 Å². The summed E-state index contributed by atoms with van der Waals surface area (Å²) in [6.45, 7) is 0. The van der Waals surface area contributed by atoms with Crippen LogP contribution in [-0.4, -0.2) is 4.98 Å². The maximum absolute atomic E-state index is 11.5. The molecule has 0 spiro atoms. The maximum atomic E-state index is 11.5. The average Bonchev–Trinajstić information content (AvgIpc) is 2.39. The van der Waals surface area contributed by atoms with E-state index in [1.807, 2.05) is 0 Å². The van der Waals surface area contributed by atoms with Crippen LogP contribution < -0.4 is 5.56 Å². The Hall–Kier alpha value is -0.0900. The molecule has 1 aromatic heterocycles. The smallest absolute Gasteiger partial charge is 0.267 e. The summed E-state index contributed by atoms with van der Waals surface area (Å²) < 4.78 is 0. The summed E-state index contributed by atoms with van der Waals surface area (Å²) in [5, 5.41) is 0.221. The summed E-state index contributed by atoms with van der Waals surface area (Å²) in [5.74, 6) is 0. The molecule has 8 heteroatoms. The van der Waals surface area contributed by atoms with E-state index in [1.165, 1.54) is 12.3 Å². The summed E-state index contributed by atoms with van der Waals surface area (Å²) in [6.07, 6.45) is 1.41. The van der Waals surface area contributed by atoms with Crippen LogP contribution in [0.25, 0.3) is 11.1 Å². The molecule has 0 fully saturated rings. The van der Waals surface area contributed by atoms with Gasteiger partial charge in [-0.2, -0.15) is 0 Å². The summed E-state index contributed by atoms with van der Waals surface area (Å²) in [4.78, 5) is 13.9. The number of nitrogens with one attached hydrogen (secondary N) is 1. The molecule has 1 aromatic carbocycles. The second kappa shape index (κ2) is 5.72. The molecule has 0 aliphatic rings. The molecule has 0 saturated heterocycles. The standard InChI is InChI=1S/C11H3Cl6NO/c12-5-3(1-2-18-11(5)19)4-6(13)8(15)10(17)9(16)7(4)14/h1-2H,(H,18,19). The molecule has 0 aliphatic carbocycles. The maximum Gasteiger partial charge on any atom is 0.267 e. The molecule has 0 atom stereocenters. The largest absolute Gasteiger partial charge is 0.328 e. The van der Waals surface area contributed by atoms with Gasteiger partial charge in [0.15, 0.2) is 0 Å². The van der Waals surface area contributed by atoms with Crippen molar-refractivity contribution in [1.29, 1.82) is 0 Å². The van der Waals surface area contributed by atoms with Crippen LogP contribution in [0.5, 0.6) is 0 Å². The van der Waals surface area contributed by atoms with Crippen LogP contribution in [0.3, 0.4) is 0 Å². The third kappa shape index (κ3) is 2.58. The number of benzene rings is 1. The van der Waals surface area contributed by atoms with E-state index in [1.54, 1.807) is 0 Å². The number of rotatable bonds is 1. The lowest BCUT2D eigenvalue weighted by molar-refractivity contribution is 1.24. The molecule has 100 valence electrons. The Bertz CT molecular complexity index is 695. The van der Waals surface area contributed by atoms with Crippen molar-refractivity contribution in [2.45, 2.75) is 0 Å². The zero-order valence-electron chi connectivity index (χ0n) is 8.83. The van der Waals surface area contributed by atoms with Crippen molar-refractivity contribution >= 4 is 69.6 Å². The van der Waals surface area contributed by atoms with Gasteiger partial charge in [0.25, 0.3) is 5.56 Å². The van der Waals surface area contributed by atoms with Crippen molar-refractivity contribution in [1.82, 2.24) is 4.98 Å². The van der Waals surface area contributed by atoms with Crippen LogP contribution >= 0.6 is 69.6 Å². The summed E-state index contributed by atoms with van der Waals surface area (Å²) in [7, 11) is 0. The van der Waals surface area contributed by atoms with Crippen molar-refractivity contribution in [3.05, 3.63) is 52.8 Å². The highest BCUT2D eigenvalue weighted by Gasteiger charge is 2.22. The fourth-order valence-corrected chi connectivity index (χ4v) is 3.05. The van der Waals surface area contributed by atoms with Crippen LogP contribution in [0, 0.1) is 0 Å². The van der Waals surface area contributed by atoms with E-state index in [4.69, 9.17) is 69.6 Å². The first-order valence-corrected chi connectivity index (χ1v) is 7.02. The quantitative estimate of drug-likeness (QED) is 0.482. The average molecular weight is 378 g/mol. The minimum Gasteiger partial charge on any atom is -0.328 e. The Balaban J connectivity index is 2.91. The zero-order chi connectivity index (χ0) is 14.3. The first-order valence-electron chi connectivity index (χ1n) is 4.75. The number of pyridine rings is 1. The first kappa shape index (κ1) is 15.3. The monoisotopic (exact) mass is 375 g/mol. The van der Waals surface area contributed by atoms with E-state index in [0.717, 1.165) is 0 Å². The van der Waals surface area contributed by atoms with Crippen molar-refractivity contribution < 1.29 is 0 Å². The molecule has 0 unspecified atom stereocenters. The fourth-order valence-electron chi connectivity index (χ4n) is 1.49. The number of halogens is 6. The number of aromatic nitrogens is 1. The molecule has 0 bridgehead atoms. The normalized spacial score (nSPS) is 10.8. The zero-order valence-corrected chi connectivity index (χ0v) is 13.4. The van der Waals surface area contributed by atoms with E-state index in [2.05, 4.69) is 4.98 Å². The molecular weight excluding hydrogens is 375 g/mol. The SMILES string of the molecule is O=c1[nH]ccc(-c2c(Cl)c(Cl)c(Cl)c(Cl)c2Cl)c1Cl. The van der Waals surface area contributed by atoms with Gasteiger partial charge in [0.1, 0.15) is 5.02 Å². The van der Waals surface area contributed by atoms with Crippen LogP contribution in [0.4, 0.5) is 0 Å². The van der Waals surface area contributed by atoms with Crippen molar-refractivity contribution in [2.75, 3.05) is 0 Å². The molecule has 19 heavy (non-hydrogen) atoms. The van der Waals surface area contributed by atoms with Crippen molar-refractivity contribution in [2.24, 2.45) is 0 Å². The van der Waals surface area contributed by atoms with Gasteiger partial charge in [-0.15, -0.1) is 0 Å². The van der Waals surface area contributed by atoms with Crippen molar-refractivity contribution in [3.8, 4) is 11.1 Å². The number of hydrogen-bond acceptors (Lipinski definition) is 1. The van der Waals surface area contributed by atoms with Gasteiger partial charge in [0, 0.05) is 17.3 Å². The van der Waals surface area contributed by atoms with E-state index in [9.17, 15) is 4.79 Å². The topological polar surface area (TPSA) is 32.9 Å².